The summed E-state index contributed by atoms with van der Waals surface area (Å²) < 4.78 is 37.6. The maximum atomic E-state index is 12.4. The normalized spacial score (nSPS) is 12.3. The predicted octanol–water partition coefficient (Wildman–Crippen LogP) is 2.09. The minimum atomic E-state index is -3.67. The third-order valence-electron chi connectivity index (χ3n) is 2.41. The Balaban J connectivity index is 3.40. The summed E-state index contributed by atoms with van der Waals surface area (Å²) >= 11 is 0. The zero-order chi connectivity index (χ0) is 14.8. The lowest BCUT2D eigenvalue weighted by molar-refractivity contribution is 0.388. The van der Waals surface area contributed by atoms with Gasteiger partial charge in [0.15, 0.2) is 0 Å². The second kappa shape index (κ2) is 5.38. The molecule has 108 valence electrons. The molecule has 0 unspecified atom stereocenters. The Labute approximate surface area is 115 Å². The van der Waals surface area contributed by atoms with E-state index >= 15 is 0 Å². The van der Waals surface area contributed by atoms with E-state index in [2.05, 4.69) is 4.72 Å². The van der Waals surface area contributed by atoms with Crippen LogP contribution in [0.3, 0.4) is 0 Å². The molecule has 0 saturated heterocycles. The monoisotopic (exact) mass is 287 g/mol. The molecule has 0 amide bonds. The molecule has 1 aromatic rings. The molecule has 0 heterocycles. The van der Waals surface area contributed by atoms with Crippen molar-refractivity contribution in [3.63, 3.8) is 0 Å². The van der Waals surface area contributed by atoms with Crippen molar-refractivity contribution in [1.29, 1.82) is 0 Å². The molecular formula is C13H21NO4S. The van der Waals surface area contributed by atoms with Crippen molar-refractivity contribution in [2.75, 3.05) is 14.2 Å². The summed E-state index contributed by atoms with van der Waals surface area (Å²) in [6.07, 6.45) is 0. The highest BCUT2D eigenvalue weighted by Crippen LogP contribution is 2.32. The van der Waals surface area contributed by atoms with Gasteiger partial charge >= 0.3 is 0 Å². The Morgan fingerprint density at radius 2 is 1.58 bits per heavy atom. The smallest absolute Gasteiger partial charge is 0.244 e. The van der Waals surface area contributed by atoms with Gasteiger partial charge in [0, 0.05) is 11.6 Å². The van der Waals surface area contributed by atoms with Crippen LogP contribution in [-0.2, 0) is 10.0 Å². The second-order valence-corrected chi connectivity index (χ2v) is 6.98. The lowest BCUT2D eigenvalue weighted by atomic mass is 10.1. The topological polar surface area (TPSA) is 64.6 Å². The highest BCUT2D eigenvalue weighted by Gasteiger charge is 2.26. The standard InChI is InChI=1S/C13H21NO4S/c1-9-7-11(18-6)12(8-10(9)17-5)19(15,16)14-13(2,3)4/h7-8,14H,1-6H3. The number of methoxy groups -OCH3 is 2. The summed E-state index contributed by atoms with van der Waals surface area (Å²) in [6.45, 7) is 7.17. The molecule has 1 rings (SSSR count). The molecule has 0 aliphatic carbocycles. The molecule has 0 atom stereocenters. The zero-order valence-corrected chi connectivity index (χ0v) is 13.0. The molecule has 0 aromatic heterocycles. The number of ether oxygens (including phenoxy) is 2. The summed E-state index contributed by atoms with van der Waals surface area (Å²) in [6, 6.07) is 3.12. The molecule has 0 bridgehead atoms. The van der Waals surface area contributed by atoms with Gasteiger partial charge in [0.25, 0.3) is 0 Å². The fourth-order valence-electron chi connectivity index (χ4n) is 1.69. The van der Waals surface area contributed by atoms with E-state index in [0.717, 1.165) is 5.56 Å². The first-order chi connectivity index (χ1) is 8.60. The fraction of sp³-hybridized carbons (Fsp3) is 0.538. The fourth-order valence-corrected chi connectivity index (χ4v) is 3.28. The first kappa shape index (κ1) is 15.8. The molecule has 0 radical (unpaired) electrons. The van der Waals surface area contributed by atoms with E-state index in [-0.39, 0.29) is 4.90 Å². The number of nitrogens with one attached hydrogen (secondary N) is 1. The van der Waals surface area contributed by atoms with Crippen LogP contribution in [-0.4, -0.2) is 28.2 Å². The first-order valence-corrected chi connectivity index (χ1v) is 7.35. The van der Waals surface area contributed by atoms with Gasteiger partial charge in [0.2, 0.25) is 10.0 Å². The molecule has 1 N–H and O–H groups in total. The van der Waals surface area contributed by atoms with Crippen LogP contribution in [0.15, 0.2) is 17.0 Å². The lowest BCUT2D eigenvalue weighted by Gasteiger charge is -2.22. The average Bonchev–Trinajstić information content (AvgIpc) is 2.24. The summed E-state index contributed by atoms with van der Waals surface area (Å²) in [7, 11) is -0.721. The van der Waals surface area contributed by atoms with Gasteiger partial charge in [-0.2, -0.15) is 0 Å². The van der Waals surface area contributed by atoms with Gasteiger partial charge in [-0.3, -0.25) is 0 Å². The molecule has 0 fully saturated rings. The van der Waals surface area contributed by atoms with Gasteiger partial charge in [-0.25, -0.2) is 13.1 Å². The van der Waals surface area contributed by atoms with Crippen molar-refractivity contribution in [1.82, 2.24) is 4.72 Å². The Morgan fingerprint density at radius 3 is 2.00 bits per heavy atom. The third-order valence-corrected chi connectivity index (χ3v) is 4.19. The number of benzene rings is 1. The van der Waals surface area contributed by atoms with Gasteiger partial charge in [0.05, 0.1) is 14.2 Å². The van der Waals surface area contributed by atoms with E-state index in [1.165, 1.54) is 20.3 Å². The predicted molar refractivity (Wildman–Crippen MR) is 74.4 cm³/mol. The largest absolute Gasteiger partial charge is 0.496 e. The van der Waals surface area contributed by atoms with Crippen LogP contribution in [0, 0.1) is 6.92 Å². The van der Waals surface area contributed by atoms with Gasteiger partial charge in [-0.15, -0.1) is 0 Å². The van der Waals surface area contributed by atoms with E-state index < -0.39 is 15.6 Å². The van der Waals surface area contributed by atoms with Gasteiger partial charge < -0.3 is 9.47 Å². The van der Waals surface area contributed by atoms with Gasteiger partial charge in [0.1, 0.15) is 16.4 Å². The Kier molecular flexibility index (Phi) is 4.47. The van der Waals surface area contributed by atoms with Crippen molar-refractivity contribution < 1.29 is 17.9 Å². The average molecular weight is 287 g/mol. The molecule has 5 nitrogen and oxygen atoms in total. The van der Waals surface area contributed by atoms with Gasteiger partial charge in [-0.05, 0) is 39.3 Å². The SMILES string of the molecule is COc1cc(S(=O)(=O)NC(C)(C)C)c(OC)cc1C. The maximum Gasteiger partial charge on any atom is 0.244 e. The minimum Gasteiger partial charge on any atom is -0.496 e. The molecule has 0 aliphatic rings. The van der Waals surface area contributed by atoms with E-state index in [1.807, 2.05) is 6.92 Å². The van der Waals surface area contributed by atoms with Crippen molar-refractivity contribution in [3.8, 4) is 11.5 Å². The molecule has 0 aliphatic heterocycles. The minimum absolute atomic E-state index is 0.0763. The highest BCUT2D eigenvalue weighted by atomic mass is 32.2. The van der Waals surface area contributed by atoms with Crippen LogP contribution in [0.2, 0.25) is 0 Å². The van der Waals surface area contributed by atoms with Crippen LogP contribution in [0.25, 0.3) is 0 Å². The van der Waals surface area contributed by atoms with E-state index in [0.29, 0.717) is 11.5 Å². The van der Waals surface area contributed by atoms with E-state index in [9.17, 15) is 8.42 Å². The summed E-state index contributed by atoms with van der Waals surface area (Å²) in [5, 5.41) is 0. The van der Waals surface area contributed by atoms with Crippen molar-refractivity contribution in [3.05, 3.63) is 17.7 Å². The molecule has 19 heavy (non-hydrogen) atoms. The highest BCUT2D eigenvalue weighted by molar-refractivity contribution is 7.89. The Morgan fingerprint density at radius 1 is 1.05 bits per heavy atom. The number of sulfonamides is 1. The third kappa shape index (κ3) is 3.84. The van der Waals surface area contributed by atoms with Crippen LogP contribution in [0.5, 0.6) is 11.5 Å². The molecule has 0 spiro atoms. The van der Waals surface area contributed by atoms with Crippen LogP contribution in [0.1, 0.15) is 26.3 Å². The molecule has 6 heteroatoms. The number of hydrogen-bond acceptors (Lipinski definition) is 4. The molecular weight excluding hydrogens is 266 g/mol. The van der Waals surface area contributed by atoms with E-state index in [4.69, 9.17) is 9.47 Å². The lowest BCUT2D eigenvalue weighted by Crippen LogP contribution is -2.40. The van der Waals surface area contributed by atoms with Gasteiger partial charge in [-0.1, -0.05) is 0 Å². The molecule has 0 saturated carbocycles. The quantitative estimate of drug-likeness (QED) is 0.921. The zero-order valence-electron chi connectivity index (χ0n) is 12.2. The van der Waals surface area contributed by atoms with Crippen molar-refractivity contribution >= 4 is 10.0 Å². The Bertz CT molecular complexity index is 559. The number of hydrogen-bond donors (Lipinski definition) is 1. The first-order valence-electron chi connectivity index (χ1n) is 5.87. The second-order valence-electron chi connectivity index (χ2n) is 5.33. The van der Waals surface area contributed by atoms with Crippen LogP contribution < -0.4 is 14.2 Å². The van der Waals surface area contributed by atoms with Crippen LogP contribution in [0.4, 0.5) is 0 Å². The summed E-state index contributed by atoms with van der Waals surface area (Å²) in [4.78, 5) is 0.0763. The number of aryl methyl sites for hydroxylation is 1. The Hall–Kier alpha value is -1.27. The summed E-state index contributed by atoms with van der Waals surface area (Å²) in [5.41, 5.74) is 0.246. The maximum absolute atomic E-state index is 12.4. The van der Waals surface area contributed by atoms with Crippen LogP contribution >= 0.6 is 0 Å². The van der Waals surface area contributed by atoms with Crippen molar-refractivity contribution in [2.45, 2.75) is 38.1 Å². The molecule has 1 aromatic carbocycles. The number of rotatable bonds is 4. The van der Waals surface area contributed by atoms with E-state index in [1.54, 1.807) is 26.8 Å². The summed E-state index contributed by atoms with van der Waals surface area (Å²) in [5.74, 6) is 0.810. The van der Waals surface area contributed by atoms with Crippen molar-refractivity contribution in [2.24, 2.45) is 0 Å².